The van der Waals surface area contributed by atoms with Crippen molar-refractivity contribution in [2.24, 2.45) is 5.92 Å². The summed E-state index contributed by atoms with van der Waals surface area (Å²) >= 11 is 0. The van der Waals surface area contributed by atoms with Gasteiger partial charge in [0, 0.05) is 0 Å². The molecule has 0 heterocycles. The van der Waals surface area contributed by atoms with Gasteiger partial charge in [-0.2, -0.15) is 0 Å². The molecule has 0 amide bonds. The maximum Gasteiger partial charge on any atom is 0.317 e. The Morgan fingerprint density at radius 2 is 1.16 bits per heavy atom. The zero-order chi connectivity index (χ0) is 18.8. The van der Waals surface area contributed by atoms with Gasteiger partial charge in [-0.25, -0.2) is 0 Å². The Morgan fingerprint density at radius 3 is 1.68 bits per heavy atom. The average molecular weight is 357 g/mol. The molecule has 0 bridgehead atoms. The Balaban J connectivity index is 3.42. The molecule has 0 rings (SSSR count). The molecule has 0 saturated heterocycles. The normalized spacial score (nSPS) is 10.9. The first-order chi connectivity index (χ1) is 12.1. The molecule has 4 nitrogen and oxygen atoms in total. The fourth-order valence-electron chi connectivity index (χ4n) is 2.73. The Bertz CT molecular complexity index is 324. The van der Waals surface area contributed by atoms with E-state index in [2.05, 4.69) is 20.8 Å². The average Bonchev–Trinajstić information content (AvgIpc) is 2.60. The molecule has 0 aromatic rings. The molecule has 0 atom stereocenters. The zero-order valence-electron chi connectivity index (χ0n) is 16.8. The number of rotatable bonds is 17. The summed E-state index contributed by atoms with van der Waals surface area (Å²) in [5, 5.41) is 0. The van der Waals surface area contributed by atoms with Gasteiger partial charge >= 0.3 is 11.9 Å². The van der Waals surface area contributed by atoms with Crippen LogP contribution < -0.4 is 0 Å². The van der Waals surface area contributed by atoms with Crippen LogP contribution >= 0.6 is 0 Å². The molecule has 0 aromatic heterocycles. The first kappa shape index (κ1) is 23.9. The van der Waals surface area contributed by atoms with Gasteiger partial charge in [0.2, 0.25) is 0 Å². The second kappa shape index (κ2) is 17.8. The van der Waals surface area contributed by atoms with E-state index in [0.717, 1.165) is 25.7 Å². The van der Waals surface area contributed by atoms with Crippen LogP contribution in [0.15, 0.2) is 0 Å². The lowest BCUT2D eigenvalue weighted by Gasteiger charge is -2.12. The van der Waals surface area contributed by atoms with Gasteiger partial charge in [0.15, 0.2) is 0 Å². The fraction of sp³-hybridized carbons (Fsp3) is 0.905. The topological polar surface area (TPSA) is 52.6 Å². The van der Waals surface area contributed by atoms with Crippen molar-refractivity contribution in [2.45, 2.75) is 104 Å². The molecule has 0 N–H and O–H groups in total. The minimum atomic E-state index is -0.472. The van der Waals surface area contributed by atoms with Gasteiger partial charge in [-0.15, -0.1) is 0 Å². The first-order valence-electron chi connectivity index (χ1n) is 10.4. The van der Waals surface area contributed by atoms with Crippen LogP contribution in [0.3, 0.4) is 0 Å². The van der Waals surface area contributed by atoms with E-state index in [1.165, 1.54) is 51.4 Å². The summed E-state index contributed by atoms with van der Waals surface area (Å²) in [5.41, 5.74) is 0. The molecule has 0 radical (unpaired) electrons. The van der Waals surface area contributed by atoms with E-state index in [0.29, 0.717) is 19.1 Å². The molecule has 148 valence electrons. The van der Waals surface area contributed by atoms with Crippen LogP contribution in [0.4, 0.5) is 0 Å². The smallest absolute Gasteiger partial charge is 0.317 e. The van der Waals surface area contributed by atoms with Crippen LogP contribution in [0.2, 0.25) is 0 Å². The van der Waals surface area contributed by atoms with E-state index in [9.17, 15) is 9.59 Å². The number of ether oxygens (including phenoxy) is 2. The summed E-state index contributed by atoms with van der Waals surface area (Å²) in [4.78, 5) is 23.1. The molecule has 0 unspecified atom stereocenters. The van der Waals surface area contributed by atoms with E-state index in [1.54, 1.807) is 0 Å². The van der Waals surface area contributed by atoms with E-state index >= 15 is 0 Å². The molecule has 4 heteroatoms. The van der Waals surface area contributed by atoms with Crippen molar-refractivity contribution in [3.05, 3.63) is 0 Å². The van der Waals surface area contributed by atoms with Crippen molar-refractivity contribution >= 4 is 11.9 Å². The molecule has 0 fully saturated rings. The van der Waals surface area contributed by atoms with Gasteiger partial charge in [-0.05, 0) is 12.3 Å². The molecule has 0 aromatic carbocycles. The predicted octanol–water partition coefficient (Wildman–Crippen LogP) is 5.82. The molecular weight excluding hydrogens is 316 g/mol. The predicted molar refractivity (Wildman–Crippen MR) is 102 cm³/mol. The highest BCUT2D eigenvalue weighted by Crippen LogP contribution is 2.11. The van der Waals surface area contributed by atoms with Gasteiger partial charge in [-0.3, -0.25) is 9.59 Å². The minimum absolute atomic E-state index is 0.266. The lowest BCUT2D eigenvalue weighted by atomic mass is 10.1. The van der Waals surface area contributed by atoms with Crippen LogP contribution in [0.1, 0.15) is 104 Å². The summed E-state index contributed by atoms with van der Waals surface area (Å²) in [6.07, 6.45) is 14.2. The summed E-state index contributed by atoms with van der Waals surface area (Å²) in [6, 6.07) is 0. The number of carbonyl (C=O) groups is 2. The van der Waals surface area contributed by atoms with Crippen LogP contribution in [-0.4, -0.2) is 25.2 Å². The maximum atomic E-state index is 11.6. The second-order valence-electron chi connectivity index (χ2n) is 6.94. The summed E-state index contributed by atoms with van der Waals surface area (Å²) in [7, 11) is 0. The fourth-order valence-corrected chi connectivity index (χ4v) is 2.73. The molecule has 0 saturated carbocycles. The van der Waals surface area contributed by atoms with Crippen LogP contribution in [0, 0.1) is 5.92 Å². The summed E-state index contributed by atoms with van der Waals surface area (Å²) in [6.45, 7) is 7.20. The lowest BCUT2D eigenvalue weighted by molar-refractivity contribution is -0.155. The highest BCUT2D eigenvalue weighted by atomic mass is 16.6. The Kier molecular flexibility index (Phi) is 17.0. The van der Waals surface area contributed by atoms with Crippen LogP contribution in [-0.2, 0) is 19.1 Å². The minimum Gasteiger partial charge on any atom is -0.465 e. The Morgan fingerprint density at radius 1 is 0.680 bits per heavy atom. The van der Waals surface area contributed by atoms with Crippen molar-refractivity contribution in [3.8, 4) is 0 Å². The molecule has 25 heavy (non-hydrogen) atoms. The van der Waals surface area contributed by atoms with Gasteiger partial charge < -0.3 is 9.47 Å². The van der Waals surface area contributed by atoms with Gasteiger partial charge in [-0.1, -0.05) is 91.4 Å². The monoisotopic (exact) mass is 356 g/mol. The van der Waals surface area contributed by atoms with E-state index in [4.69, 9.17) is 9.47 Å². The number of hydrogen-bond donors (Lipinski definition) is 0. The highest BCUT2D eigenvalue weighted by molar-refractivity contribution is 5.91. The largest absolute Gasteiger partial charge is 0.465 e. The SMILES string of the molecule is CCCCCCCCCCCCOC(=O)CC(=O)OCC(CC)CC. The molecule has 0 aliphatic heterocycles. The van der Waals surface area contributed by atoms with E-state index in [-0.39, 0.29) is 6.42 Å². The summed E-state index contributed by atoms with van der Waals surface area (Å²) < 4.78 is 10.2. The maximum absolute atomic E-state index is 11.6. The van der Waals surface area contributed by atoms with Gasteiger partial charge in [0.25, 0.3) is 0 Å². The molecule has 0 spiro atoms. The van der Waals surface area contributed by atoms with Gasteiger partial charge in [0.05, 0.1) is 13.2 Å². The van der Waals surface area contributed by atoms with E-state index < -0.39 is 11.9 Å². The quantitative estimate of drug-likeness (QED) is 0.187. The van der Waals surface area contributed by atoms with Gasteiger partial charge in [0.1, 0.15) is 6.42 Å². The third-order valence-corrected chi connectivity index (χ3v) is 4.68. The van der Waals surface area contributed by atoms with Crippen molar-refractivity contribution in [1.29, 1.82) is 0 Å². The van der Waals surface area contributed by atoms with Crippen LogP contribution in [0.5, 0.6) is 0 Å². The number of carbonyl (C=O) groups excluding carboxylic acids is 2. The molecule has 0 aliphatic rings. The van der Waals surface area contributed by atoms with Crippen molar-refractivity contribution in [2.75, 3.05) is 13.2 Å². The molecule has 0 aliphatic carbocycles. The first-order valence-corrected chi connectivity index (χ1v) is 10.4. The lowest BCUT2D eigenvalue weighted by Crippen LogP contribution is -2.17. The van der Waals surface area contributed by atoms with Crippen molar-refractivity contribution in [3.63, 3.8) is 0 Å². The number of hydrogen-bond acceptors (Lipinski definition) is 4. The Labute approximate surface area is 155 Å². The summed E-state index contributed by atoms with van der Waals surface area (Å²) in [5.74, 6) is -0.558. The second-order valence-corrected chi connectivity index (χ2v) is 6.94. The third-order valence-electron chi connectivity index (χ3n) is 4.68. The Hall–Kier alpha value is -1.06. The van der Waals surface area contributed by atoms with E-state index in [1.807, 2.05) is 0 Å². The standard InChI is InChI=1S/C21H40O4/c1-4-7-8-9-10-11-12-13-14-15-16-24-20(22)17-21(23)25-18-19(5-2)6-3/h19H,4-18H2,1-3H3. The van der Waals surface area contributed by atoms with Crippen molar-refractivity contribution < 1.29 is 19.1 Å². The number of esters is 2. The van der Waals surface area contributed by atoms with Crippen molar-refractivity contribution in [1.82, 2.24) is 0 Å². The highest BCUT2D eigenvalue weighted by Gasteiger charge is 2.13. The third kappa shape index (κ3) is 16.2. The number of unbranched alkanes of at least 4 members (excludes halogenated alkanes) is 9. The van der Waals surface area contributed by atoms with Crippen LogP contribution in [0.25, 0.3) is 0 Å². The molecular formula is C21H40O4. The zero-order valence-corrected chi connectivity index (χ0v) is 16.8.